The fourth-order valence-corrected chi connectivity index (χ4v) is 18.1. The molecule has 4 fully saturated rings. The van der Waals surface area contributed by atoms with Crippen molar-refractivity contribution >= 4 is 24.7 Å². The highest BCUT2D eigenvalue weighted by atomic mass is 31.2. The molecule has 0 spiro atoms. The summed E-state index contributed by atoms with van der Waals surface area (Å²) in [5, 5.41) is 1.88. The van der Waals surface area contributed by atoms with Crippen LogP contribution in [-0.2, 0) is 0 Å². The van der Waals surface area contributed by atoms with Crippen LogP contribution in [0.25, 0.3) is 6.08 Å². The van der Waals surface area contributed by atoms with Crippen LogP contribution in [0, 0.1) is 13.8 Å². The van der Waals surface area contributed by atoms with Crippen molar-refractivity contribution in [3.05, 3.63) is 101 Å². The highest BCUT2D eigenvalue weighted by Crippen LogP contribution is 2.83. The van der Waals surface area contributed by atoms with Crippen LogP contribution in [-0.4, -0.2) is 36.2 Å². The van der Waals surface area contributed by atoms with Gasteiger partial charge in [-0.1, -0.05) is 86.0 Å². The highest BCUT2D eigenvalue weighted by molar-refractivity contribution is 7.82. The molecule has 1 heterocycles. The Balaban J connectivity index is 1.52. The summed E-state index contributed by atoms with van der Waals surface area (Å²) >= 11 is 0. The summed E-state index contributed by atoms with van der Waals surface area (Å²) in [5.74, 6) is 0. The summed E-state index contributed by atoms with van der Waals surface area (Å²) in [6.45, 7) is 6.84. The van der Waals surface area contributed by atoms with E-state index in [0.29, 0.717) is 0 Å². The summed E-state index contributed by atoms with van der Waals surface area (Å²) in [7, 11) is -1.62. The maximum absolute atomic E-state index is 2.87. The first-order valence-electron chi connectivity index (χ1n) is 19.0. The number of para-hydroxylation sites is 2. The molecule has 1 aliphatic heterocycles. The standard InChI is InChI=1S/C43H58N2P/c1-34-19-15-17-29-40(34)44-31-32-45(41-30-18-16-20-35(41)2)43(44)42(33-36-21-7-3-8-22-36)46(37-23-9-4-10-24-37,38-25-11-5-12-26-38)39-27-13-6-14-28-39/h3,7-8,15-22,29-30,33,37-39,43H,4-6,9-14,23-28,31-32H2,1-2H3/q+1/b42-33-. The van der Waals surface area contributed by atoms with E-state index >= 15 is 0 Å². The Morgan fingerprint density at radius 2 is 0.913 bits per heavy atom. The van der Waals surface area contributed by atoms with Gasteiger partial charge in [-0.25, -0.2) is 0 Å². The van der Waals surface area contributed by atoms with Gasteiger partial charge in [0.2, 0.25) is 0 Å². The predicted molar refractivity (Wildman–Crippen MR) is 203 cm³/mol. The van der Waals surface area contributed by atoms with Gasteiger partial charge in [-0.3, -0.25) is 0 Å². The lowest BCUT2D eigenvalue weighted by atomic mass is 9.98. The van der Waals surface area contributed by atoms with E-state index in [2.05, 4.69) is 109 Å². The smallest absolute Gasteiger partial charge is 0.161 e. The van der Waals surface area contributed by atoms with Crippen LogP contribution < -0.4 is 9.80 Å². The number of benzene rings is 3. The molecule has 3 saturated carbocycles. The van der Waals surface area contributed by atoms with Crippen molar-refractivity contribution in [2.24, 2.45) is 0 Å². The van der Waals surface area contributed by atoms with Crippen molar-refractivity contribution in [1.29, 1.82) is 0 Å². The summed E-state index contributed by atoms with van der Waals surface area (Å²) < 4.78 is 0. The molecular formula is C43H58N2P+. The third-order valence-corrected chi connectivity index (χ3v) is 18.8. The lowest BCUT2D eigenvalue weighted by molar-refractivity contribution is 0.452. The Morgan fingerprint density at radius 1 is 0.522 bits per heavy atom. The van der Waals surface area contributed by atoms with Gasteiger partial charge in [-0.15, -0.1) is 0 Å². The lowest BCUT2D eigenvalue weighted by Gasteiger charge is -2.52. The number of anilines is 2. The van der Waals surface area contributed by atoms with Crippen molar-refractivity contribution in [2.45, 2.75) is 133 Å². The minimum absolute atomic E-state index is 0.265. The third kappa shape index (κ3) is 6.21. The van der Waals surface area contributed by atoms with Gasteiger partial charge in [0.15, 0.2) is 6.17 Å². The first kappa shape index (κ1) is 32.0. The molecule has 7 rings (SSSR count). The molecule has 1 saturated heterocycles. The molecule has 3 aromatic rings. The number of hydrogen-bond donors (Lipinski definition) is 0. The molecule has 3 aliphatic carbocycles. The molecule has 0 radical (unpaired) electrons. The van der Waals surface area contributed by atoms with E-state index in [1.54, 1.807) is 0 Å². The van der Waals surface area contributed by atoms with Crippen LogP contribution in [0.1, 0.15) is 113 Å². The Kier molecular flexibility index (Phi) is 10.2. The van der Waals surface area contributed by atoms with Crippen molar-refractivity contribution < 1.29 is 0 Å². The maximum Gasteiger partial charge on any atom is 0.161 e. The zero-order valence-corrected chi connectivity index (χ0v) is 29.6. The zero-order chi connectivity index (χ0) is 31.3. The fraction of sp³-hybridized carbons (Fsp3) is 0.535. The summed E-state index contributed by atoms with van der Waals surface area (Å²) in [5.41, 5.74) is 9.80. The van der Waals surface area contributed by atoms with Gasteiger partial charge in [-0.05, 0) is 126 Å². The maximum atomic E-state index is 2.87. The normalized spacial score (nSPS) is 21.7. The molecule has 0 unspecified atom stereocenters. The van der Waals surface area contributed by atoms with Crippen LogP contribution in [0.3, 0.4) is 0 Å². The average Bonchev–Trinajstić information content (AvgIpc) is 3.54. The van der Waals surface area contributed by atoms with Crippen molar-refractivity contribution in [1.82, 2.24) is 0 Å². The van der Waals surface area contributed by atoms with Gasteiger partial charge in [0.25, 0.3) is 0 Å². The number of aryl methyl sites for hydroxylation is 2. The van der Waals surface area contributed by atoms with Gasteiger partial charge in [0.1, 0.15) is 5.31 Å². The minimum atomic E-state index is -1.62. The number of hydrogen-bond acceptors (Lipinski definition) is 2. The molecule has 0 N–H and O–H groups in total. The van der Waals surface area contributed by atoms with Crippen LogP contribution >= 0.6 is 7.26 Å². The number of nitrogens with zero attached hydrogens (tertiary/aromatic N) is 2. The van der Waals surface area contributed by atoms with E-state index in [9.17, 15) is 0 Å². The second kappa shape index (κ2) is 14.7. The summed E-state index contributed by atoms with van der Waals surface area (Å²) in [4.78, 5) is 5.75. The zero-order valence-electron chi connectivity index (χ0n) is 28.8. The van der Waals surface area contributed by atoms with Gasteiger partial charge in [0.05, 0.1) is 24.2 Å². The van der Waals surface area contributed by atoms with E-state index in [0.717, 1.165) is 30.1 Å². The van der Waals surface area contributed by atoms with Gasteiger partial charge < -0.3 is 9.80 Å². The first-order chi connectivity index (χ1) is 22.7. The van der Waals surface area contributed by atoms with E-state index < -0.39 is 7.26 Å². The Bertz CT molecular complexity index is 1350. The Labute approximate surface area is 281 Å². The monoisotopic (exact) mass is 633 g/mol. The summed E-state index contributed by atoms with van der Waals surface area (Å²) in [6.07, 6.45) is 24.9. The second-order valence-corrected chi connectivity index (χ2v) is 19.4. The predicted octanol–water partition coefficient (Wildman–Crippen LogP) is 12.0. The summed E-state index contributed by atoms with van der Waals surface area (Å²) in [6, 6.07) is 30.1. The third-order valence-electron chi connectivity index (χ3n) is 12.4. The average molecular weight is 634 g/mol. The van der Waals surface area contributed by atoms with E-state index in [1.165, 1.54) is 124 Å². The first-order valence-corrected chi connectivity index (χ1v) is 21.0. The SMILES string of the molecule is Cc1ccccc1N1CCN(c2ccccc2C)C1/C(=C/c1ccccc1)[P+](C1CCCCC1)(C1CCCCC1)C1CCCCC1. The molecule has 46 heavy (non-hydrogen) atoms. The number of rotatable bonds is 8. The van der Waals surface area contributed by atoms with Gasteiger partial charge in [-0.2, -0.15) is 0 Å². The molecular weight excluding hydrogens is 575 g/mol. The molecule has 3 aromatic carbocycles. The molecule has 0 atom stereocenters. The van der Waals surface area contributed by atoms with Crippen LogP contribution in [0.2, 0.25) is 0 Å². The topological polar surface area (TPSA) is 6.48 Å². The van der Waals surface area contributed by atoms with Gasteiger partial charge >= 0.3 is 0 Å². The Morgan fingerprint density at radius 3 is 1.33 bits per heavy atom. The van der Waals surface area contributed by atoms with Gasteiger partial charge in [0, 0.05) is 24.5 Å². The van der Waals surface area contributed by atoms with Crippen LogP contribution in [0.4, 0.5) is 11.4 Å². The van der Waals surface area contributed by atoms with Crippen molar-refractivity contribution in [3.63, 3.8) is 0 Å². The fourth-order valence-electron chi connectivity index (χ4n) is 10.4. The molecule has 0 bridgehead atoms. The second-order valence-electron chi connectivity index (χ2n) is 15.0. The molecule has 4 aliphatic rings. The minimum Gasteiger partial charge on any atom is -0.343 e. The van der Waals surface area contributed by atoms with E-state index in [-0.39, 0.29) is 6.17 Å². The lowest BCUT2D eigenvalue weighted by Crippen LogP contribution is -2.47. The molecule has 2 nitrogen and oxygen atoms in total. The quantitative estimate of drug-likeness (QED) is 0.228. The molecule has 244 valence electrons. The van der Waals surface area contributed by atoms with Crippen molar-refractivity contribution in [2.75, 3.05) is 22.9 Å². The van der Waals surface area contributed by atoms with Crippen molar-refractivity contribution in [3.8, 4) is 0 Å². The largest absolute Gasteiger partial charge is 0.343 e. The van der Waals surface area contributed by atoms with E-state index in [4.69, 9.17) is 0 Å². The highest BCUT2D eigenvalue weighted by Gasteiger charge is 2.63. The molecule has 0 amide bonds. The van der Waals surface area contributed by atoms with Crippen LogP contribution in [0.5, 0.6) is 0 Å². The molecule has 0 aromatic heterocycles. The molecule has 3 heteroatoms. The Hall–Kier alpha value is -2.57. The van der Waals surface area contributed by atoms with E-state index in [1.807, 2.05) is 5.31 Å². The van der Waals surface area contributed by atoms with Crippen LogP contribution in [0.15, 0.2) is 84.2 Å².